The molecule has 0 aliphatic carbocycles. The second-order valence-corrected chi connectivity index (χ2v) is 7.41. The Bertz CT molecular complexity index is 898. The van der Waals surface area contributed by atoms with Crippen LogP contribution in [0.5, 0.6) is 0 Å². The minimum atomic E-state index is -0.00848. The molecule has 0 bridgehead atoms. The SMILES string of the molecule is O=c1c2cc(N3CCOCC3)ccc2[nH]c(=S)n1CCCN1CCOCC1. The van der Waals surface area contributed by atoms with Crippen molar-refractivity contribution in [3.8, 4) is 0 Å². The summed E-state index contributed by atoms with van der Waals surface area (Å²) in [6.45, 7) is 8.23. The maximum atomic E-state index is 13.1. The van der Waals surface area contributed by atoms with Gasteiger partial charge < -0.3 is 19.4 Å². The zero-order valence-electron chi connectivity index (χ0n) is 15.5. The lowest BCUT2D eigenvalue weighted by Gasteiger charge is -2.29. The number of aromatic amines is 1. The lowest BCUT2D eigenvalue weighted by Crippen LogP contribution is -2.37. The van der Waals surface area contributed by atoms with Gasteiger partial charge in [0.05, 0.1) is 37.3 Å². The molecule has 7 nitrogen and oxygen atoms in total. The molecule has 2 saturated heterocycles. The van der Waals surface area contributed by atoms with Gasteiger partial charge in [-0.15, -0.1) is 0 Å². The molecule has 2 fully saturated rings. The minimum absolute atomic E-state index is 0.00848. The van der Waals surface area contributed by atoms with Crippen molar-refractivity contribution in [2.45, 2.75) is 13.0 Å². The van der Waals surface area contributed by atoms with Crippen molar-refractivity contribution in [3.63, 3.8) is 0 Å². The van der Waals surface area contributed by atoms with Crippen LogP contribution < -0.4 is 10.5 Å². The summed E-state index contributed by atoms with van der Waals surface area (Å²) in [6.07, 6.45) is 0.895. The maximum Gasteiger partial charge on any atom is 0.262 e. The first kappa shape index (κ1) is 18.6. The first-order valence-electron chi connectivity index (χ1n) is 9.62. The Morgan fingerprint density at radius 3 is 2.44 bits per heavy atom. The molecule has 146 valence electrons. The van der Waals surface area contributed by atoms with Gasteiger partial charge in [0, 0.05) is 45.0 Å². The van der Waals surface area contributed by atoms with Gasteiger partial charge >= 0.3 is 0 Å². The van der Waals surface area contributed by atoms with Gasteiger partial charge in [0.25, 0.3) is 5.56 Å². The molecule has 1 N–H and O–H groups in total. The average Bonchev–Trinajstić information content (AvgIpc) is 2.72. The lowest BCUT2D eigenvalue weighted by molar-refractivity contribution is 0.0369. The van der Waals surface area contributed by atoms with Crippen molar-refractivity contribution >= 4 is 28.8 Å². The van der Waals surface area contributed by atoms with Gasteiger partial charge in [-0.1, -0.05) is 0 Å². The van der Waals surface area contributed by atoms with E-state index in [1.54, 1.807) is 4.57 Å². The van der Waals surface area contributed by atoms with E-state index >= 15 is 0 Å². The van der Waals surface area contributed by atoms with E-state index in [-0.39, 0.29) is 5.56 Å². The molecular weight excluding hydrogens is 364 g/mol. The number of hydrogen-bond acceptors (Lipinski definition) is 6. The van der Waals surface area contributed by atoms with E-state index in [1.165, 1.54) is 0 Å². The number of aromatic nitrogens is 2. The highest BCUT2D eigenvalue weighted by Crippen LogP contribution is 2.20. The molecular formula is C19H26N4O3S. The molecule has 27 heavy (non-hydrogen) atoms. The predicted octanol–water partition coefficient (Wildman–Crippen LogP) is 1.62. The summed E-state index contributed by atoms with van der Waals surface area (Å²) in [4.78, 5) is 20.9. The third-order valence-corrected chi connectivity index (χ3v) is 5.62. The second kappa shape index (κ2) is 8.52. The molecule has 0 radical (unpaired) electrons. The van der Waals surface area contributed by atoms with Crippen LogP contribution in [0.15, 0.2) is 23.0 Å². The fraction of sp³-hybridized carbons (Fsp3) is 0.579. The molecule has 2 aromatic rings. The van der Waals surface area contributed by atoms with E-state index in [0.29, 0.717) is 16.7 Å². The van der Waals surface area contributed by atoms with Crippen LogP contribution in [0.3, 0.4) is 0 Å². The second-order valence-electron chi connectivity index (χ2n) is 7.02. The minimum Gasteiger partial charge on any atom is -0.379 e. The quantitative estimate of drug-likeness (QED) is 0.783. The topological polar surface area (TPSA) is 62.7 Å². The van der Waals surface area contributed by atoms with Gasteiger partial charge in [-0.2, -0.15) is 0 Å². The molecule has 2 aliphatic rings. The average molecular weight is 391 g/mol. The van der Waals surface area contributed by atoms with Crippen LogP contribution in [0.25, 0.3) is 10.9 Å². The maximum absolute atomic E-state index is 13.1. The first-order chi connectivity index (χ1) is 13.2. The summed E-state index contributed by atoms with van der Waals surface area (Å²) in [7, 11) is 0. The Kier molecular flexibility index (Phi) is 5.87. The molecule has 1 aromatic heterocycles. The summed E-state index contributed by atoms with van der Waals surface area (Å²) >= 11 is 5.44. The van der Waals surface area contributed by atoms with Crippen molar-refractivity contribution in [1.29, 1.82) is 0 Å². The van der Waals surface area contributed by atoms with E-state index in [0.717, 1.165) is 76.8 Å². The van der Waals surface area contributed by atoms with Crippen molar-refractivity contribution < 1.29 is 9.47 Å². The third kappa shape index (κ3) is 4.24. The summed E-state index contributed by atoms with van der Waals surface area (Å²) in [5, 5.41) is 0.693. The third-order valence-electron chi connectivity index (χ3n) is 5.30. The molecule has 0 atom stereocenters. The Hall–Kier alpha value is -1.74. The van der Waals surface area contributed by atoms with Gasteiger partial charge in [-0.3, -0.25) is 14.3 Å². The van der Waals surface area contributed by atoms with Gasteiger partial charge in [-0.05, 0) is 36.8 Å². The van der Waals surface area contributed by atoms with Crippen LogP contribution >= 0.6 is 12.2 Å². The first-order valence-corrected chi connectivity index (χ1v) is 10.0. The Morgan fingerprint density at radius 1 is 1.00 bits per heavy atom. The number of nitrogens with zero attached hydrogens (tertiary/aromatic N) is 3. The molecule has 0 saturated carbocycles. The number of H-pyrrole nitrogens is 1. The van der Waals surface area contributed by atoms with Gasteiger partial charge in [0.2, 0.25) is 0 Å². The summed E-state index contributed by atoms with van der Waals surface area (Å²) < 4.78 is 13.0. The summed E-state index contributed by atoms with van der Waals surface area (Å²) in [5.74, 6) is 0. The van der Waals surface area contributed by atoms with Crippen LogP contribution in [0.2, 0.25) is 0 Å². The van der Waals surface area contributed by atoms with Crippen LogP contribution in [0, 0.1) is 4.77 Å². The number of rotatable bonds is 5. The van der Waals surface area contributed by atoms with E-state index in [9.17, 15) is 4.79 Å². The smallest absolute Gasteiger partial charge is 0.262 e. The zero-order chi connectivity index (χ0) is 18.6. The fourth-order valence-corrected chi connectivity index (χ4v) is 4.02. The number of morpholine rings is 2. The molecule has 8 heteroatoms. The summed E-state index contributed by atoms with van der Waals surface area (Å²) in [6, 6.07) is 5.98. The van der Waals surface area contributed by atoms with Crippen LogP contribution in [0.1, 0.15) is 6.42 Å². The van der Waals surface area contributed by atoms with Crippen LogP contribution in [0.4, 0.5) is 5.69 Å². The van der Waals surface area contributed by atoms with Crippen molar-refractivity contribution in [2.75, 3.05) is 64.1 Å². The number of fused-ring (bicyclic) bond motifs is 1. The highest BCUT2D eigenvalue weighted by Gasteiger charge is 2.14. The molecule has 0 spiro atoms. The van der Waals surface area contributed by atoms with Crippen molar-refractivity contribution in [1.82, 2.24) is 14.5 Å². The van der Waals surface area contributed by atoms with E-state index in [1.807, 2.05) is 18.2 Å². The predicted molar refractivity (Wildman–Crippen MR) is 108 cm³/mol. The highest BCUT2D eigenvalue weighted by molar-refractivity contribution is 7.71. The van der Waals surface area contributed by atoms with E-state index < -0.39 is 0 Å². The number of anilines is 1. The number of ether oxygens (including phenoxy) is 2. The number of nitrogens with one attached hydrogen (secondary N) is 1. The Morgan fingerprint density at radius 2 is 1.70 bits per heavy atom. The Labute approximate surface area is 163 Å². The van der Waals surface area contributed by atoms with E-state index in [2.05, 4.69) is 14.8 Å². The largest absolute Gasteiger partial charge is 0.379 e. The molecule has 0 unspecified atom stereocenters. The van der Waals surface area contributed by atoms with Gasteiger partial charge in [0.15, 0.2) is 4.77 Å². The lowest BCUT2D eigenvalue weighted by atomic mass is 10.2. The van der Waals surface area contributed by atoms with Gasteiger partial charge in [0.1, 0.15) is 0 Å². The Balaban J connectivity index is 1.54. The normalized spacial score (nSPS) is 18.9. The summed E-state index contributed by atoms with van der Waals surface area (Å²) in [5.41, 5.74) is 1.85. The standard InChI is InChI=1S/C19H26N4O3S/c24-18-16-14-15(22-8-12-26-13-9-22)2-3-17(16)20-19(27)23(18)5-1-4-21-6-10-25-11-7-21/h2-3,14H,1,4-13H2,(H,20,27). The molecule has 0 amide bonds. The zero-order valence-corrected chi connectivity index (χ0v) is 16.3. The van der Waals surface area contributed by atoms with Gasteiger partial charge in [-0.25, -0.2) is 0 Å². The van der Waals surface area contributed by atoms with Crippen molar-refractivity contribution in [3.05, 3.63) is 33.3 Å². The van der Waals surface area contributed by atoms with Crippen molar-refractivity contribution in [2.24, 2.45) is 0 Å². The monoisotopic (exact) mass is 390 g/mol. The number of hydrogen-bond donors (Lipinski definition) is 1. The van der Waals surface area contributed by atoms with Crippen LogP contribution in [-0.4, -0.2) is 73.6 Å². The number of benzene rings is 1. The molecule has 1 aromatic carbocycles. The van der Waals surface area contributed by atoms with E-state index in [4.69, 9.17) is 21.7 Å². The molecule has 2 aliphatic heterocycles. The molecule has 4 rings (SSSR count). The van der Waals surface area contributed by atoms with Crippen LogP contribution in [-0.2, 0) is 16.0 Å². The fourth-order valence-electron chi connectivity index (χ4n) is 3.74. The highest BCUT2D eigenvalue weighted by atomic mass is 32.1. The molecule has 3 heterocycles.